The fourth-order valence-electron chi connectivity index (χ4n) is 1.94. The third kappa shape index (κ3) is 1.74. The maximum atomic E-state index is 12.4. The molecular weight excluding hydrogens is 248 g/mol. The number of aliphatic hydroxyl groups is 1. The molecule has 1 N–H and O–H groups in total. The number of fused-ring (bicyclic) bond motifs is 2. The lowest BCUT2D eigenvalue weighted by molar-refractivity contribution is 0.199. The Labute approximate surface area is 107 Å². The first-order chi connectivity index (χ1) is 8.66. The third-order valence-electron chi connectivity index (χ3n) is 2.92. The van der Waals surface area contributed by atoms with Gasteiger partial charge in [0.15, 0.2) is 0 Å². The van der Waals surface area contributed by atoms with Gasteiger partial charge in [-0.15, -0.1) is 0 Å². The summed E-state index contributed by atoms with van der Waals surface area (Å²) in [6.45, 7) is 1.68. The Kier molecular flexibility index (Phi) is 2.69. The molecule has 0 fully saturated rings. The number of ether oxygens (including phenoxy) is 1. The van der Waals surface area contributed by atoms with Crippen LogP contribution in [0.5, 0.6) is 11.5 Å². The molecule has 0 aliphatic carbocycles. The van der Waals surface area contributed by atoms with Crippen LogP contribution in [0.4, 0.5) is 0 Å². The maximum absolute atomic E-state index is 12.4. The van der Waals surface area contributed by atoms with Gasteiger partial charge in [0, 0.05) is 0 Å². The lowest BCUT2D eigenvalue weighted by Gasteiger charge is -2.20. The van der Waals surface area contributed by atoms with Crippen LogP contribution in [-0.4, -0.2) is 9.32 Å². The van der Waals surface area contributed by atoms with Crippen molar-refractivity contribution in [1.82, 2.24) is 0 Å². The quantitative estimate of drug-likeness (QED) is 0.731. The van der Waals surface area contributed by atoms with Gasteiger partial charge in [-0.25, -0.2) is 4.21 Å². The first-order valence-electron chi connectivity index (χ1n) is 5.67. The fraction of sp³-hybridized carbons (Fsp3) is 0.143. The molecule has 2 atom stereocenters. The van der Waals surface area contributed by atoms with Crippen molar-refractivity contribution in [2.75, 3.05) is 0 Å². The van der Waals surface area contributed by atoms with Crippen LogP contribution >= 0.6 is 0 Å². The summed E-state index contributed by atoms with van der Waals surface area (Å²) in [5, 5.41) is 9.57. The molecule has 0 spiro atoms. The van der Waals surface area contributed by atoms with Gasteiger partial charge < -0.3 is 9.84 Å². The van der Waals surface area contributed by atoms with Crippen LogP contribution in [0.25, 0.3) is 0 Å². The summed E-state index contributed by atoms with van der Waals surface area (Å²) >= 11 is 0. The van der Waals surface area contributed by atoms with Crippen LogP contribution in [0.15, 0.2) is 52.3 Å². The van der Waals surface area contributed by atoms with Crippen LogP contribution in [0.3, 0.4) is 0 Å². The van der Waals surface area contributed by atoms with Crippen LogP contribution in [0.2, 0.25) is 0 Å². The van der Waals surface area contributed by atoms with Crippen LogP contribution in [0.1, 0.15) is 18.6 Å². The van der Waals surface area contributed by atoms with E-state index in [1.165, 1.54) is 0 Å². The molecule has 92 valence electrons. The van der Waals surface area contributed by atoms with E-state index in [-0.39, 0.29) is 0 Å². The highest BCUT2D eigenvalue weighted by atomic mass is 32.2. The number of benzene rings is 2. The zero-order valence-corrected chi connectivity index (χ0v) is 10.6. The Bertz CT molecular complexity index is 635. The molecule has 0 radical (unpaired) electrons. The van der Waals surface area contributed by atoms with E-state index in [1.54, 1.807) is 37.3 Å². The molecule has 1 aliphatic heterocycles. The van der Waals surface area contributed by atoms with E-state index in [2.05, 4.69) is 0 Å². The minimum Gasteiger partial charge on any atom is -0.455 e. The predicted octanol–water partition coefficient (Wildman–Crippen LogP) is 3.01. The van der Waals surface area contributed by atoms with Crippen molar-refractivity contribution in [2.24, 2.45) is 0 Å². The smallest absolute Gasteiger partial charge is 0.144 e. The van der Waals surface area contributed by atoms with Crippen LogP contribution < -0.4 is 4.74 Å². The number of aliphatic hydroxyl groups excluding tert-OH is 1. The molecular formula is C14H12O3S. The number of hydrogen-bond acceptors (Lipinski definition) is 3. The zero-order valence-electron chi connectivity index (χ0n) is 9.79. The molecule has 0 amide bonds. The Morgan fingerprint density at radius 1 is 1.11 bits per heavy atom. The highest BCUT2D eigenvalue weighted by molar-refractivity contribution is 7.85. The summed E-state index contributed by atoms with van der Waals surface area (Å²) in [5.74, 6) is 1.23. The van der Waals surface area contributed by atoms with Crippen LogP contribution in [0, 0.1) is 0 Å². The Morgan fingerprint density at radius 3 is 2.61 bits per heavy atom. The second-order valence-corrected chi connectivity index (χ2v) is 5.62. The van der Waals surface area contributed by atoms with E-state index in [1.807, 2.05) is 12.1 Å². The maximum Gasteiger partial charge on any atom is 0.144 e. The van der Waals surface area contributed by atoms with Crippen molar-refractivity contribution in [2.45, 2.75) is 22.8 Å². The molecule has 2 unspecified atom stereocenters. The average Bonchev–Trinajstić information content (AvgIpc) is 2.38. The highest BCUT2D eigenvalue weighted by Gasteiger charge is 2.24. The molecule has 18 heavy (non-hydrogen) atoms. The molecule has 0 aromatic heterocycles. The van der Waals surface area contributed by atoms with Gasteiger partial charge in [0.05, 0.1) is 26.7 Å². The predicted molar refractivity (Wildman–Crippen MR) is 68.3 cm³/mol. The number of rotatable bonds is 1. The summed E-state index contributed by atoms with van der Waals surface area (Å²) < 4.78 is 18.1. The normalized spacial score (nSPS) is 18.4. The van der Waals surface area contributed by atoms with Gasteiger partial charge in [-0.05, 0) is 36.8 Å². The molecule has 0 saturated heterocycles. The lowest BCUT2D eigenvalue weighted by atomic mass is 10.1. The summed E-state index contributed by atoms with van der Waals surface area (Å²) in [7, 11) is -1.25. The van der Waals surface area contributed by atoms with E-state index >= 15 is 0 Å². The summed E-state index contributed by atoms with van der Waals surface area (Å²) in [5.41, 5.74) is 0.741. The van der Waals surface area contributed by atoms with Gasteiger partial charge in [0.1, 0.15) is 11.5 Å². The van der Waals surface area contributed by atoms with E-state index in [0.717, 1.165) is 5.56 Å². The number of para-hydroxylation sites is 1. The minimum atomic E-state index is -1.25. The van der Waals surface area contributed by atoms with Crippen molar-refractivity contribution in [1.29, 1.82) is 0 Å². The number of hydrogen-bond donors (Lipinski definition) is 1. The molecule has 1 heterocycles. The standard InChI is InChI=1S/C14H12O3S/c1-9(15)10-6-7-12-14(8-10)18(16)13-5-3-2-4-11(13)17-12/h2-9,15H,1H3. The molecule has 3 nitrogen and oxygen atoms in total. The summed E-state index contributed by atoms with van der Waals surface area (Å²) in [6, 6.07) is 12.6. The van der Waals surface area contributed by atoms with E-state index < -0.39 is 16.9 Å². The summed E-state index contributed by atoms with van der Waals surface area (Å²) in [6.07, 6.45) is -0.579. The first-order valence-corrected chi connectivity index (χ1v) is 6.82. The molecule has 2 aromatic carbocycles. The third-order valence-corrected chi connectivity index (χ3v) is 4.37. The van der Waals surface area contributed by atoms with E-state index in [0.29, 0.717) is 21.3 Å². The monoisotopic (exact) mass is 260 g/mol. The lowest BCUT2D eigenvalue weighted by Crippen LogP contribution is -2.06. The van der Waals surface area contributed by atoms with E-state index in [9.17, 15) is 9.32 Å². The SMILES string of the molecule is CC(O)c1ccc2c(c1)S(=O)c1ccccc1O2. The van der Waals surface area contributed by atoms with E-state index in [4.69, 9.17) is 4.74 Å². The average molecular weight is 260 g/mol. The van der Waals surface area contributed by atoms with Crippen molar-refractivity contribution in [3.63, 3.8) is 0 Å². The molecule has 2 aromatic rings. The van der Waals surface area contributed by atoms with Crippen molar-refractivity contribution < 1.29 is 14.1 Å². The van der Waals surface area contributed by atoms with Gasteiger partial charge in [0.25, 0.3) is 0 Å². The largest absolute Gasteiger partial charge is 0.455 e. The Hall–Kier alpha value is -1.65. The second-order valence-electron chi connectivity index (χ2n) is 4.20. The Morgan fingerprint density at radius 2 is 1.83 bits per heavy atom. The topological polar surface area (TPSA) is 46.5 Å². The molecule has 3 rings (SSSR count). The summed E-state index contributed by atoms with van der Waals surface area (Å²) in [4.78, 5) is 1.29. The van der Waals surface area contributed by atoms with Crippen molar-refractivity contribution in [3.05, 3.63) is 48.0 Å². The molecule has 0 bridgehead atoms. The zero-order chi connectivity index (χ0) is 12.7. The van der Waals surface area contributed by atoms with Gasteiger partial charge in [-0.1, -0.05) is 18.2 Å². The molecule has 1 aliphatic rings. The second kappa shape index (κ2) is 4.23. The molecule has 0 saturated carbocycles. The Balaban J connectivity index is 2.14. The fourth-order valence-corrected chi connectivity index (χ4v) is 3.21. The molecule has 4 heteroatoms. The minimum absolute atomic E-state index is 0.579. The van der Waals surface area contributed by atoms with Crippen LogP contribution in [-0.2, 0) is 10.8 Å². The van der Waals surface area contributed by atoms with Gasteiger partial charge in [-0.2, -0.15) is 0 Å². The first kappa shape index (κ1) is 11.4. The van der Waals surface area contributed by atoms with Gasteiger partial charge in [-0.3, -0.25) is 0 Å². The van der Waals surface area contributed by atoms with Gasteiger partial charge in [0.2, 0.25) is 0 Å². The van der Waals surface area contributed by atoms with Crippen molar-refractivity contribution in [3.8, 4) is 11.5 Å². The van der Waals surface area contributed by atoms with Crippen molar-refractivity contribution >= 4 is 10.8 Å². The highest BCUT2D eigenvalue weighted by Crippen LogP contribution is 2.40. The van der Waals surface area contributed by atoms with Gasteiger partial charge >= 0.3 is 0 Å².